The number of carbonyl (C=O) groups is 2. The molecule has 2 aromatic rings. The summed E-state index contributed by atoms with van der Waals surface area (Å²) in [6.45, 7) is 0. The molecule has 1 aromatic heterocycles. The number of carboxylic acid groups (broad SMARTS) is 1. The van der Waals surface area contributed by atoms with Crippen LogP contribution < -0.4 is 0 Å². The fraction of sp³-hybridized carbons (Fsp3) is 0. The highest BCUT2D eigenvalue weighted by Crippen LogP contribution is 2.10. The topological polar surface area (TPSA) is 72.2 Å². The zero-order chi connectivity index (χ0) is 13.0. The van der Waals surface area contributed by atoms with Gasteiger partial charge in [0.2, 0.25) is 0 Å². The summed E-state index contributed by atoms with van der Waals surface area (Å²) >= 11 is 0. The van der Waals surface area contributed by atoms with E-state index in [0.717, 1.165) is 17.3 Å². The van der Waals surface area contributed by atoms with Crippen molar-refractivity contribution in [1.29, 1.82) is 0 Å². The molecule has 0 saturated heterocycles. The number of hydrogen-bond acceptors (Lipinski definition) is 3. The molecule has 1 heterocycles. The molecule has 0 radical (unpaired) electrons. The van der Waals surface area contributed by atoms with Gasteiger partial charge in [0.25, 0.3) is 5.78 Å². The number of hydrogen-bond donors (Lipinski definition) is 1. The normalized spacial score (nSPS) is 10.7. The van der Waals surface area contributed by atoms with Crippen LogP contribution in [0.15, 0.2) is 49.1 Å². The fourth-order valence-electron chi connectivity index (χ4n) is 1.41. The zero-order valence-corrected chi connectivity index (χ0v) is 9.35. The largest absolute Gasteiger partial charge is 0.475 e. The first-order valence-corrected chi connectivity index (χ1v) is 5.20. The number of aromatic nitrogens is 2. The number of aliphatic carboxylic acids is 1. The third-order valence-electron chi connectivity index (χ3n) is 2.33. The predicted octanol–water partition coefficient (Wildman–Crippen LogP) is 1.54. The van der Waals surface area contributed by atoms with E-state index in [4.69, 9.17) is 5.11 Å². The third kappa shape index (κ3) is 2.70. The fourth-order valence-corrected chi connectivity index (χ4v) is 1.41. The first kappa shape index (κ1) is 11.8. The van der Waals surface area contributed by atoms with Crippen LogP contribution in [0.1, 0.15) is 5.56 Å². The third-order valence-corrected chi connectivity index (χ3v) is 2.33. The molecular weight excluding hydrogens is 232 g/mol. The van der Waals surface area contributed by atoms with Crippen molar-refractivity contribution in [2.24, 2.45) is 0 Å². The lowest BCUT2D eigenvalue weighted by Gasteiger charge is -2.01. The zero-order valence-electron chi connectivity index (χ0n) is 9.35. The highest BCUT2D eigenvalue weighted by molar-refractivity contribution is 6.38. The van der Waals surface area contributed by atoms with E-state index in [-0.39, 0.29) is 0 Å². The molecule has 0 spiro atoms. The monoisotopic (exact) mass is 242 g/mol. The average molecular weight is 242 g/mol. The van der Waals surface area contributed by atoms with Gasteiger partial charge in [0.1, 0.15) is 0 Å². The standard InChI is InChI=1S/C13H10N2O3/c16-12(13(17)18)6-3-10-1-4-11(5-2-10)15-8-7-14-9-15/h1-9H,(H,17,18)/b6-3+. The van der Waals surface area contributed by atoms with Crippen LogP contribution in [0.2, 0.25) is 0 Å². The van der Waals surface area contributed by atoms with Crippen molar-refractivity contribution in [1.82, 2.24) is 9.55 Å². The molecule has 0 aliphatic rings. The highest BCUT2D eigenvalue weighted by Gasteiger charge is 2.05. The van der Waals surface area contributed by atoms with Crippen LogP contribution in [0.25, 0.3) is 11.8 Å². The van der Waals surface area contributed by atoms with E-state index in [1.54, 1.807) is 24.7 Å². The Hall–Kier alpha value is -2.69. The lowest BCUT2D eigenvalue weighted by Crippen LogP contribution is -2.08. The summed E-state index contributed by atoms with van der Waals surface area (Å²) in [5.74, 6) is -2.39. The minimum absolute atomic E-state index is 0.758. The van der Waals surface area contributed by atoms with Gasteiger partial charge < -0.3 is 9.67 Å². The van der Waals surface area contributed by atoms with Crippen molar-refractivity contribution in [2.75, 3.05) is 0 Å². The number of carbonyl (C=O) groups excluding carboxylic acids is 1. The maximum Gasteiger partial charge on any atom is 0.376 e. The maximum atomic E-state index is 10.9. The number of imidazole rings is 1. The Labute approximate surface area is 103 Å². The molecule has 0 fully saturated rings. The first-order valence-electron chi connectivity index (χ1n) is 5.20. The SMILES string of the molecule is O=C(O)C(=O)/C=C/c1ccc(-n2ccnc2)cc1. The molecule has 18 heavy (non-hydrogen) atoms. The Balaban J connectivity index is 2.13. The molecular formula is C13H10N2O3. The van der Waals surface area contributed by atoms with Crippen LogP contribution in [-0.2, 0) is 9.59 Å². The van der Waals surface area contributed by atoms with Gasteiger partial charge in [0, 0.05) is 18.1 Å². The summed E-state index contributed by atoms with van der Waals surface area (Å²) in [6.07, 6.45) is 7.68. The summed E-state index contributed by atoms with van der Waals surface area (Å²) < 4.78 is 1.84. The molecule has 0 bridgehead atoms. The van der Waals surface area contributed by atoms with Gasteiger partial charge in [-0.25, -0.2) is 9.78 Å². The minimum Gasteiger partial charge on any atom is -0.475 e. The van der Waals surface area contributed by atoms with Gasteiger partial charge in [-0.3, -0.25) is 4.79 Å². The van der Waals surface area contributed by atoms with E-state index in [2.05, 4.69) is 4.98 Å². The van der Waals surface area contributed by atoms with E-state index in [9.17, 15) is 9.59 Å². The van der Waals surface area contributed by atoms with E-state index < -0.39 is 11.8 Å². The summed E-state index contributed by atoms with van der Waals surface area (Å²) in [4.78, 5) is 25.1. The Morgan fingerprint density at radius 2 is 1.94 bits per heavy atom. The van der Waals surface area contributed by atoms with Gasteiger partial charge in [-0.2, -0.15) is 0 Å². The van der Waals surface area contributed by atoms with Gasteiger partial charge >= 0.3 is 5.97 Å². The quantitative estimate of drug-likeness (QED) is 0.652. The molecule has 5 heteroatoms. The van der Waals surface area contributed by atoms with Crippen molar-refractivity contribution < 1.29 is 14.7 Å². The van der Waals surface area contributed by atoms with Gasteiger partial charge in [0.15, 0.2) is 0 Å². The van der Waals surface area contributed by atoms with Crippen molar-refractivity contribution in [3.63, 3.8) is 0 Å². The lowest BCUT2D eigenvalue weighted by atomic mass is 10.2. The number of rotatable bonds is 4. The van der Waals surface area contributed by atoms with Gasteiger partial charge in [0.05, 0.1) is 6.33 Å². The minimum atomic E-state index is -1.46. The number of ketones is 1. The van der Waals surface area contributed by atoms with Crippen molar-refractivity contribution in [3.8, 4) is 5.69 Å². The number of carboxylic acids is 1. The van der Waals surface area contributed by atoms with E-state index in [1.807, 2.05) is 22.9 Å². The molecule has 0 amide bonds. The van der Waals surface area contributed by atoms with Crippen LogP contribution in [0.3, 0.4) is 0 Å². The van der Waals surface area contributed by atoms with Gasteiger partial charge in [-0.15, -0.1) is 0 Å². The molecule has 1 aromatic carbocycles. The molecule has 0 aliphatic carbocycles. The Morgan fingerprint density at radius 3 is 2.50 bits per heavy atom. The van der Waals surface area contributed by atoms with Gasteiger partial charge in [-0.1, -0.05) is 18.2 Å². The maximum absolute atomic E-state index is 10.9. The van der Waals surface area contributed by atoms with Crippen LogP contribution in [-0.4, -0.2) is 26.4 Å². The average Bonchev–Trinajstić information content (AvgIpc) is 2.90. The van der Waals surface area contributed by atoms with Crippen molar-refractivity contribution in [3.05, 3.63) is 54.6 Å². The second kappa shape index (κ2) is 5.09. The summed E-state index contributed by atoms with van der Waals surface area (Å²) in [6, 6.07) is 7.29. The van der Waals surface area contributed by atoms with Crippen LogP contribution >= 0.6 is 0 Å². The van der Waals surface area contributed by atoms with Gasteiger partial charge in [-0.05, 0) is 23.8 Å². The smallest absolute Gasteiger partial charge is 0.376 e. The van der Waals surface area contributed by atoms with Crippen LogP contribution in [0, 0.1) is 0 Å². The summed E-state index contributed by atoms with van der Waals surface area (Å²) in [5.41, 5.74) is 1.70. The second-order valence-corrected chi connectivity index (χ2v) is 3.56. The molecule has 0 saturated carbocycles. The van der Waals surface area contributed by atoms with Crippen molar-refractivity contribution in [2.45, 2.75) is 0 Å². The Kier molecular flexibility index (Phi) is 3.33. The van der Waals surface area contributed by atoms with E-state index in [0.29, 0.717) is 0 Å². The molecule has 90 valence electrons. The van der Waals surface area contributed by atoms with Crippen molar-refractivity contribution >= 4 is 17.8 Å². The highest BCUT2D eigenvalue weighted by atomic mass is 16.4. The Morgan fingerprint density at radius 1 is 1.22 bits per heavy atom. The van der Waals surface area contributed by atoms with Crippen LogP contribution in [0.4, 0.5) is 0 Å². The molecule has 0 atom stereocenters. The molecule has 1 N–H and O–H groups in total. The van der Waals surface area contributed by atoms with E-state index in [1.165, 1.54) is 6.08 Å². The number of benzene rings is 1. The molecule has 5 nitrogen and oxygen atoms in total. The predicted molar refractivity (Wildman–Crippen MR) is 65.2 cm³/mol. The molecule has 0 unspecified atom stereocenters. The summed E-state index contributed by atoms with van der Waals surface area (Å²) in [5, 5.41) is 8.42. The second-order valence-electron chi connectivity index (χ2n) is 3.56. The molecule has 2 rings (SSSR count). The number of nitrogens with zero attached hydrogens (tertiary/aromatic N) is 2. The molecule has 0 aliphatic heterocycles. The van der Waals surface area contributed by atoms with E-state index >= 15 is 0 Å². The van der Waals surface area contributed by atoms with Crippen LogP contribution in [0.5, 0.6) is 0 Å². The first-order chi connectivity index (χ1) is 8.66. The lowest BCUT2D eigenvalue weighted by molar-refractivity contribution is -0.146. The summed E-state index contributed by atoms with van der Waals surface area (Å²) in [7, 11) is 0. The Bertz CT molecular complexity index is 583.